The molecule has 0 unspecified atom stereocenters. The fraction of sp³-hybridized carbons (Fsp3) is 0.368. The Bertz CT molecular complexity index is 889. The van der Waals surface area contributed by atoms with Crippen molar-refractivity contribution in [2.45, 2.75) is 13.8 Å². The first kappa shape index (κ1) is 19.9. The largest absolute Gasteiger partial charge is 0.452 e. The van der Waals surface area contributed by atoms with Crippen LogP contribution in [0.15, 0.2) is 30.3 Å². The van der Waals surface area contributed by atoms with Crippen molar-refractivity contribution in [2.24, 2.45) is 0 Å². The van der Waals surface area contributed by atoms with E-state index in [9.17, 15) is 14.4 Å². The fourth-order valence-corrected chi connectivity index (χ4v) is 3.38. The van der Waals surface area contributed by atoms with Gasteiger partial charge in [0.05, 0.1) is 11.4 Å². The van der Waals surface area contributed by atoms with Gasteiger partial charge in [0.1, 0.15) is 10.7 Å². The molecule has 0 N–H and O–H groups in total. The number of aryl methyl sites for hydroxylation is 1. The monoisotopic (exact) mass is 404 g/mol. The maximum absolute atomic E-state index is 12.5. The van der Waals surface area contributed by atoms with Gasteiger partial charge in [0.15, 0.2) is 6.61 Å². The van der Waals surface area contributed by atoms with Crippen molar-refractivity contribution in [3.63, 3.8) is 0 Å². The minimum absolute atomic E-state index is 0.0147. The number of ether oxygens (including phenoxy) is 1. The molecule has 1 aromatic heterocycles. The SMILES string of the molecule is CC(=O)N1CCN(C(=O)COC(=O)c2c(C)nn(-c3ccccc3)c2Cl)CC1. The topological polar surface area (TPSA) is 84.7 Å². The van der Waals surface area contributed by atoms with Gasteiger partial charge in [-0.3, -0.25) is 9.59 Å². The molecule has 1 aromatic carbocycles. The van der Waals surface area contributed by atoms with Crippen molar-refractivity contribution in [3.8, 4) is 5.69 Å². The van der Waals surface area contributed by atoms with E-state index in [-0.39, 0.29) is 29.1 Å². The van der Waals surface area contributed by atoms with E-state index in [4.69, 9.17) is 16.3 Å². The van der Waals surface area contributed by atoms with Crippen molar-refractivity contribution in [1.82, 2.24) is 19.6 Å². The Labute approximate surface area is 167 Å². The average molecular weight is 405 g/mol. The molecule has 1 aliphatic heterocycles. The molecule has 2 heterocycles. The zero-order valence-electron chi connectivity index (χ0n) is 15.7. The molecule has 0 aliphatic carbocycles. The van der Waals surface area contributed by atoms with Crippen LogP contribution in [0.25, 0.3) is 5.69 Å². The molecule has 1 saturated heterocycles. The molecular formula is C19H21ClN4O4. The number of aromatic nitrogens is 2. The molecule has 8 nitrogen and oxygen atoms in total. The molecular weight excluding hydrogens is 384 g/mol. The zero-order valence-corrected chi connectivity index (χ0v) is 16.5. The van der Waals surface area contributed by atoms with Crippen LogP contribution in [0.4, 0.5) is 0 Å². The second-order valence-corrected chi connectivity index (χ2v) is 6.82. The number of esters is 1. The molecule has 0 atom stereocenters. The summed E-state index contributed by atoms with van der Waals surface area (Å²) in [4.78, 5) is 39.4. The van der Waals surface area contributed by atoms with Crippen molar-refractivity contribution < 1.29 is 19.1 Å². The highest BCUT2D eigenvalue weighted by Gasteiger charge is 2.26. The molecule has 28 heavy (non-hydrogen) atoms. The molecule has 9 heteroatoms. The number of halogens is 1. The lowest BCUT2D eigenvalue weighted by Crippen LogP contribution is -2.51. The van der Waals surface area contributed by atoms with Gasteiger partial charge in [-0.1, -0.05) is 29.8 Å². The number of carbonyl (C=O) groups is 3. The number of hydrogen-bond donors (Lipinski definition) is 0. The Kier molecular flexibility index (Phi) is 5.99. The first-order valence-electron chi connectivity index (χ1n) is 8.89. The Morgan fingerprint density at radius 1 is 1.07 bits per heavy atom. The lowest BCUT2D eigenvalue weighted by Gasteiger charge is -2.34. The minimum atomic E-state index is -0.694. The molecule has 2 aromatic rings. The van der Waals surface area contributed by atoms with E-state index >= 15 is 0 Å². The lowest BCUT2D eigenvalue weighted by atomic mass is 10.2. The number of para-hydroxylation sites is 1. The Morgan fingerprint density at radius 3 is 2.29 bits per heavy atom. The zero-order chi connectivity index (χ0) is 20.3. The fourth-order valence-electron chi connectivity index (χ4n) is 3.03. The summed E-state index contributed by atoms with van der Waals surface area (Å²) in [5.41, 5.74) is 1.27. The van der Waals surface area contributed by atoms with Crippen LogP contribution in [-0.4, -0.2) is 70.1 Å². The van der Waals surface area contributed by atoms with Gasteiger partial charge >= 0.3 is 5.97 Å². The van der Waals surface area contributed by atoms with Crippen LogP contribution in [0, 0.1) is 6.92 Å². The number of carbonyl (C=O) groups excluding carboxylic acids is 3. The molecule has 2 amide bonds. The summed E-state index contributed by atoms with van der Waals surface area (Å²) < 4.78 is 6.63. The summed E-state index contributed by atoms with van der Waals surface area (Å²) in [5.74, 6) is -1.01. The van der Waals surface area contributed by atoms with E-state index in [1.54, 1.807) is 16.7 Å². The molecule has 0 spiro atoms. The van der Waals surface area contributed by atoms with Crippen LogP contribution in [0.3, 0.4) is 0 Å². The van der Waals surface area contributed by atoms with Crippen LogP contribution in [0.2, 0.25) is 5.15 Å². The first-order valence-corrected chi connectivity index (χ1v) is 9.27. The molecule has 3 rings (SSSR count). The summed E-state index contributed by atoms with van der Waals surface area (Å²) in [6.45, 7) is 4.56. The number of amides is 2. The Hall–Kier alpha value is -2.87. The van der Waals surface area contributed by atoms with Crippen LogP contribution in [0.1, 0.15) is 23.0 Å². The van der Waals surface area contributed by atoms with Crippen LogP contribution >= 0.6 is 11.6 Å². The normalized spacial score (nSPS) is 14.1. The summed E-state index contributed by atoms with van der Waals surface area (Å²) >= 11 is 6.34. The molecule has 0 bridgehead atoms. The average Bonchev–Trinajstić information content (AvgIpc) is 3.00. The summed E-state index contributed by atoms with van der Waals surface area (Å²) in [5, 5.41) is 4.43. The van der Waals surface area contributed by atoms with Gasteiger partial charge in [0.25, 0.3) is 5.91 Å². The van der Waals surface area contributed by atoms with Crippen LogP contribution in [-0.2, 0) is 14.3 Å². The van der Waals surface area contributed by atoms with E-state index in [0.29, 0.717) is 37.6 Å². The predicted octanol–water partition coefficient (Wildman–Crippen LogP) is 1.68. The molecule has 1 aliphatic rings. The highest BCUT2D eigenvalue weighted by molar-refractivity contribution is 6.33. The molecule has 148 valence electrons. The minimum Gasteiger partial charge on any atom is -0.452 e. The van der Waals surface area contributed by atoms with Crippen molar-refractivity contribution >= 4 is 29.4 Å². The maximum atomic E-state index is 12.5. The van der Waals surface area contributed by atoms with E-state index in [1.807, 2.05) is 30.3 Å². The van der Waals surface area contributed by atoms with Gasteiger partial charge in [-0.05, 0) is 19.1 Å². The summed E-state index contributed by atoms with van der Waals surface area (Å²) in [6.07, 6.45) is 0. The Balaban J connectivity index is 1.62. The maximum Gasteiger partial charge on any atom is 0.343 e. The molecule has 1 fully saturated rings. The molecule has 0 radical (unpaired) electrons. The van der Waals surface area contributed by atoms with Crippen molar-refractivity contribution in [3.05, 3.63) is 46.7 Å². The second kappa shape index (κ2) is 8.43. The first-order chi connectivity index (χ1) is 13.4. The molecule has 0 saturated carbocycles. The van der Waals surface area contributed by atoms with Gasteiger partial charge < -0.3 is 14.5 Å². The summed E-state index contributed by atoms with van der Waals surface area (Å²) in [6, 6.07) is 9.18. The number of benzene rings is 1. The Morgan fingerprint density at radius 2 is 1.68 bits per heavy atom. The number of rotatable bonds is 4. The standard InChI is InChI=1S/C19H21ClN4O4/c1-13-17(18(20)24(21-13)15-6-4-3-5-7-15)19(27)28-12-16(26)23-10-8-22(9-11-23)14(2)25/h3-7H,8-12H2,1-2H3. The van der Waals surface area contributed by atoms with E-state index in [1.165, 1.54) is 11.6 Å². The summed E-state index contributed by atoms with van der Waals surface area (Å²) in [7, 11) is 0. The smallest absolute Gasteiger partial charge is 0.343 e. The third kappa shape index (κ3) is 4.17. The highest BCUT2D eigenvalue weighted by Crippen LogP contribution is 2.24. The van der Waals surface area contributed by atoms with Gasteiger partial charge in [-0.15, -0.1) is 0 Å². The van der Waals surface area contributed by atoms with Gasteiger partial charge in [-0.25, -0.2) is 9.48 Å². The number of hydrogen-bond acceptors (Lipinski definition) is 5. The van der Waals surface area contributed by atoms with E-state index in [2.05, 4.69) is 5.10 Å². The third-order valence-corrected chi connectivity index (χ3v) is 4.96. The van der Waals surface area contributed by atoms with E-state index < -0.39 is 5.97 Å². The predicted molar refractivity (Wildman–Crippen MR) is 102 cm³/mol. The lowest BCUT2D eigenvalue weighted by molar-refractivity contribution is -0.140. The second-order valence-electron chi connectivity index (χ2n) is 6.46. The number of piperazine rings is 1. The van der Waals surface area contributed by atoms with Crippen molar-refractivity contribution in [2.75, 3.05) is 32.8 Å². The van der Waals surface area contributed by atoms with E-state index in [0.717, 1.165) is 0 Å². The van der Waals surface area contributed by atoms with Gasteiger partial charge in [0, 0.05) is 33.1 Å². The van der Waals surface area contributed by atoms with Crippen LogP contribution in [0.5, 0.6) is 0 Å². The van der Waals surface area contributed by atoms with Gasteiger partial charge in [-0.2, -0.15) is 5.10 Å². The highest BCUT2D eigenvalue weighted by atomic mass is 35.5. The quantitative estimate of drug-likeness (QED) is 0.724. The van der Waals surface area contributed by atoms with Crippen molar-refractivity contribution in [1.29, 1.82) is 0 Å². The number of nitrogens with zero attached hydrogens (tertiary/aromatic N) is 4. The third-order valence-electron chi connectivity index (χ3n) is 4.61. The van der Waals surface area contributed by atoms with Crippen LogP contribution < -0.4 is 0 Å². The van der Waals surface area contributed by atoms with Gasteiger partial charge in [0.2, 0.25) is 5.91 Å².